The van der Waals surface area contributed by atoms with Gasteiger partial charge in [-0.15, -0.1) is 0 Å². The minimum atomic E-state index is -0.0180. The number of nitrogens with one attached hydrogen (secondary N) is 1. The Morgan fingerprint density at radius 2 is 1.94 bits per heavy atom. The number of hydrogen-bond donors (Lipinski definition) is 1. The van der Waals surface area contributed by atoms with Gasteiger partial charge in [-0.05, 0) is 43.4 Å². The largest absolute Gasteiger partial charge is 0.322 e. The van der Waals surface area contributed by atoms with Crippen LogP contribution in [0, 0.1) is 19.8 Å². The molecular weight excluding hydrogens is 222 g/mol. The molecule has 0 heterocycles. The fraction of sp³-hybridized carbons (Fsp3) is 0.312. The Labute approximate surface area is 108 Å². The van der Waals surface area contributed by atoms with Crippen LogP contribution in [-0.4, -0.2) is 5.91 Å². The number of amides is 1. The minimum Gasteiger partial charge on any atom is -0.322 e. The number of carbonyl (C=O) groups excluding carboxylic acids is 1. The van der Waals surface area contributed by atoms with Crippen LogP contribution >= 0.6 is 0 Å². The second kappa shape index (κ2) is 5.21. The summed E-state index contributed by atoms with van der Waals surface area (Å²) in [4.78, 5) is 12.3. The summed E-state index contributed by atoms with van der Waals surface area (Å²) >= 11 is 0. The standard InChI is InChI=1S/C16H19NO/c1-11-6-4-9-14(10-11)17-16(18)15-12(2)7-5-8-13(15)3/h4-5,7-11H,6H2,1-3H3,(H,17,18). The fourth-order valence-corrected chi connectivity index (χ4v) is 2.29. The molecular formula is C16H19NO. The molecule has 0 aromatic heterocycles. The third-order valence-electron chi connectivity index (χ3n) is 3.24. The van der Waals surface area contributed by atoms with E-state index in [0.29, 0.717) is 5.92 Å². The van der Waals surface area contributed by atoms with Crippen LogP contribution in [0.5, 0.6) is 0 Å². The zero-order valence-corrected chi connectivity index (χ0v) is 11.2. The molecule has 0 spiro atoms. The molecule has 2 rings (SSSR count). The highest BCUT2D eigenvalue weighted by Crippen LogP contribution is 2.17. The van der Waals surface area contributed by atoms with E-state index in [-0.39, 0.29) is 5.91 Å². The molecule has 1 aromatic rings. The van der Waals surface area contributed by atoms with E-state index in [2.05, 4.69) is 24.4 Å². The van der Waals surface area contributed by atoms with Crippen LogP contribution in [0.3, 0.4) is 0 Å². The van der Waals surface area contributed by atoms with Crippen LogP contribution in [0.4, 0.5) is 0 Å². The first-order chi connectivity index (χ1) is 8.58. The van der Waals surface area contributed by atoms with E-state index in [9.17, 15) is 4.79 Å². The normalized spacial score (nSPS) is 18.4. The summed E-state index contributed by atoms with van der Waals surface area (Å²) in [6.07, 6.45) is 7.23. The van der Waals surface area contributed by atoms with E-state index >= 15 is 0 Å². The molecule has 2 heteroatoms. The number of allylic oxidation sites excluding steroid dienone is 3. The van der Waals surface area contributed by atoms with Crippen molar-refractivity contribution in [2.24, 2.45) is 5.92 Å². The molecule has 0 aliphatic heterocycles. The van der Waals surface area contributed by atoms with Crippen molar-refractivity contribution in [3.8, 4) is 0 Å². The zero-order chi connectivity index (χ0) is 13.1. The number of rotatable bonds is 2. The van der Waals surface area contributed by atoms with Crippen LogP contribution in [0.15, 0.2) is 42.1 Å². The van der Waals surface area contributed by atoms with Crippen molar-refractivity contribution in [2.45, 2.75) is 27.2 Å². The van der Waals surface area contributed by atoms with E-state index in [1.165, 1.54) is 0 Å². The average molecular weight is 241 g/mol. The summed E-state index contributed by atoms with van der Waals surface area (Å²) in [6, 6.07) is 5.91. The van der Waals surface area contributed by atoms with E-state index in [0.717, 1.165) is 28.8 Å². The van der Waals surface area contributed by atoms with Crippen molar-refractivity contribution in [1.29, 1.82) is 0 Å². The Morgan fingerprint density at radius 1 is 1.28 bits per heavy atom. The molecule has 1 unspecified atom stereocenters. The maximum Gasteiger partial charge on any atom is 0.256 e. The van der Waals surface area contributed by atoms with Crippen molar-refractivity contribution in [1.82, 2.24) is 5.32 Å². The van der Waals surface area contributed by atoms with Gasteiger partial charge in [-0.1, -0.05) is 37.3 Å². The summed E-state index contributed by atoms with van der Waals surface area (Å²) in [5, 5.41) is 2.98. The molecule has 0 saturated heterocycles. The Kier molecular flexibility index (Phi) is 3.66. The molecule has 1 N–H and O–H groups in total. The molecule has 18 heavy (non-hydrogen) atoms. The van der Waals surface area contributed by atoms with Gasteiger partial charge in [0.1, 0.15) is 0 Å². The molecule has 94 valence electrons. The number of benzene rings is 1. The minimum absolute atomic E-state index is 0.0180. The van der Waals surface area contributed by atoms with Gasteiger partial charge in [0.25, 0.3) is 5.91 Å². The zero-order valence-electron chi connectivity index (χ0n) is 11.2. The van der Waals surface area contributed by atoms with Crippen molar-refractivity contribution in [3.05, 3.63) is 58.8 Å². The summed E-state index contributed by atoms with van der Waals surface area (Å²) in [5.74, 6) is 0.471. The van der Waals surface area contributed by atoms with E-state index in [1.54, 1.807) is 0 Å². The monoisotopic (exact) mass is 241 g/mol. The highest BCUT2D eigenvalue weighted by Gasteiger charge is 2.13. The van der Waals surface area contributed by atoms with Gasteiger partial charge in [-0.3, -0.25) is 4.79 Å². The van der Waals surface area contributed by atoms with E-state index in [4.69, 9.17) is 0 Å². The number of carbonyl (C=O) groups is 1. The lowest BCUT2D eigenvalue weighted by Crippen LogP contribution is -2.24. The molecule has 1 aromatic carbocycles. The predicted octanol–water partition coefficient (Wildman–Crippen LogP) is 3.51. The third kappa shape index (κ3) is 2.70. The topological polar surface area (TPSA) is 29.1 Å². The Hall–Kier alpha value is -1.83. The molecule has 0 bridgehead atoms. The first-order valence-electron chi connectivity index (χ1n) is 6.34. The lowest BCUT2D eigenvalue weighted by Gasteiger charge is -2.15. The lowest BCUT2D eigenvalue weighted by atomic mass is 10.00. The maximum absolute atomic E-state index is 12.3. The second-order valence-corrected chi connectivity index (χ2v) is 4.96. The Balaban J connectivity index is 2.20. The highest BCUT2D eigenvalue weighted by molar-refractivity contribution is 5.98. The average Bonchev–Trinajstić information content (AvgIpc) is 2.28. The number of hydrogen-bond acceptors (Lipinski definition) is 1. The highest BCUT2D eigenvalue weighted by atomic mass is 16.1. The smallest absolute Gasteiger partial charge is 0.256 e. The van der Waals surface area contributed by atoms with Gasteiger partial charge in [-0.25, -0.2) is 0 Å². The van der Waals surface area contributed by atoms with Gasteiger partial charge in [0.2, 0.25) is 0 Å². The Bertz CT molecular complexity index is 506. The first-order valence-corrected chi connectivity index (χ1v) is 6.34. The van der Waals surface area contributed by atoms with Crippen molar-refractivity contribution in [3.63, 3.8) is 0 Å². The Morgan fingerprint density at radius 3 is 2.56 bits per heavy atom. The summed E-state index contributed by atoms with van der Waals surface area (Å²) < 4.78 is 0. The molecule has 1 atom stereocenters. The summed E-state index contributed by atoms with van der Waals surface area (Å²) in [5.41, 5.74) is 3.72. The van der Waals surface area contributed by atoms with Crippen molar-refractivity contribution < 1.29 is 4.79 Å². The number of aryl methyl sites for hydroxylation is 2. The quantitative estimate of drug-likeness (QED) is 0.843. The van der Waals surface area contributed by atoms with Gasteiger partial charge in [0, 0.05) is 11.3 Å². The molecule has 0 radical (unpaired) electrons. The van der Waals surface area contributed by atoms with E-state index in [1.807, 2.05) is 38.1 Å². The maximum atomic E-state index is 12.3. The lowest BCUT2D eigenvalue weighted by molar-refractivity contribution is 0.0965. The van der Waals surface area contributed by atoms with Crippen molar-refractivity contribution >= 4 is 5.91 Å². The van der Waals surface area contributed by atoms with Gasteiger partial charge < -0.3 is 5.32 Å². The van der Waals surface area contributed by atoms with Crippen LogP contribution < -0.4 is 5.32 Å². The summed E-state index contributed by atoms with van der Waals surface area (Å²) in [6.45, 7) is 6.08. The van der Waals surface area contributed by atoms with Gasteiger partial charge in [0.05, 0.1) is 0 Å². The van der Waals surface area contributed by atoms with Crippen molar-refractivity contribution in [2.75, 3.05) is 0 Å². The molecule has 2 nitrogen and oxygen atoms in total. The van der Waals surface area contributed by atoms with Gasteiger partial charge >= 0.3 is 0 Å². The summed E-state index contributed by atoms with van der Waals surface area (Å²) in [7, 11) is 0. The molecule has 1 amide bonds. The predicted molar refractivity (Wildman–Crippen MR) is 74.4 cm³/mol. The van der Waals surface area contributed by atoms with Crippen LogP contribution in [-0.2, 0) is 0 Å². The van der Waals surface area contributed by atoms with Crippen LogP contribution in [0.2, 0.25) is 0 Å². The fourth-order valence-electron chi connectivity index (χ4n) is 2.29. The molecule has 0 saturated carbocycles. The van der Waals surface area contributed by atoms with Crippen LogP contribution in [0.25, 0.3) is 0 Å². The first kappa shape index (κ1) is 12.6. The van der Waals surface area contributed by atoms with Gasteiger partial charge in [0.15, 0.2) is 0 Å². The molecule has 1 aliphatic carbocycles. The molecule has 0 fully saturated rings. The molecule has 1 aliphatic rings. The second-order valence-electron chi connectivity index (χ2n) is 4.96. The van der Waals surface area contributed by atoms with E-state index < -0.39 is 0 Å². The van der Waals surface area contributed by atoms with Gasteiger partial charge in [-0.2, -0.15) is 0 Å². The SMILES string of the molecule is Cc1cccc(C)c1C(=O)NC1=CC(C)CC=C1. The third-order valence-corrected chi connectivity index (χ3v) is 3.24. The van der Waals surface area contributed by atoms with Crippen LogP contribution in [0.1, 0.15) is 34.8 Å².